The van der Waals surface area contributed by atoms with Crippen molar-refractivity contribution in [2.75, 3.05) is 5.32 Å². The fraction of sp³-hybridized carbons (Fsp3) is 0.158. The average Bonchev–Trinajstić information content (AvgIpc) is 3.03. The van der Waals surface area contributed by atoms with Crippen LogP contribution < -0.4 is 5.32 Å². The lowest BCUT2D eigenvalue weighted by Crippen LogP contribution is -2.20. The molecule has 0 spiro atoms. The Morgan fingerprint density at radius 2 is 1.88 bits per heavy atom. The maximum atomic E-state index is 4.41. The Balaban J connectivity index is 1.83. The average molecular weight is 381 g/mol. The second kappa shape index (κ2) is 5.91. The quantitative estimate of drug-likeness (QED) is 0.699. The summed E-state index contributed by atoms with van der Waals surface area (Å²) in [4.78, 5) is 4.36. The van der Waals surface area contributed by atoms with E-state index in [1.165, 1.54) is 16.7 Å². The van der Waals surface area contributed by atoms with Crippen LogP contribution in [0, 0.1) is 13.8 Å². The maximum Gasteiger partial charge on any atom is 0.226 e. The summed E-state index contributed by atoms with van der Waals surface area (Å²) in [5.41, 5.74) is 5.94. The SMILES string of the molecule is Cc1ccc([C@H]2C=C(c3ccc(Br)cc3)Nc3ncnn32)c(C)c1. The number of hydrogen-bond acceptors (Lipinski definition) is 3. The largest absolute Gasteiger partial charge is 0.324 e. The van der Waals surface area contributed by atoms with Crippen LogP contribution in [-0.2, 0) is 0 Å². The Kier molecular flexibility index (Phi) is 3.73. The highest BCUT2D eigenvalue weighted by Gasteiger charge is 2.24. The Labute approximate surface area is 149 Å². The first kappa shape index (κ1) is 15.1. The van der Waals surface area contributed by atoms with Crippen LogP contribution in [0.15, 0.2) is 59.3 Å². The second-order valence-electron chi connectivity index (χ2n) is 6.05. The lowest BCUT2D eigenvalue weighted by Gasteiger charge is -2.25. The van der Waals surface area contributed by atoms with Crippen molar-refractivity contribution in [3.8, 4) is 0 Å². The number of halogens is 1. The van der Waals surface area contributed by atoms with Gasteiger partial charge in [0.2, 0.25) is 5.95 Å². The molecule has 4 nitrogen and oxygen atoms in total. The minimum atomic E-state index is 0.0306. The van der Waals surface area contributed by atoms with Gasteiger partial charge in [-0.25, -0.2) is 4.68 Å². The first-order valence-electron chi connectivity index (χ1n) is 7.83. The van der Waals surface area contributed by atoms with Crippen LogP contribution in [0.1, 0.15) is 28.3 Å². The highest BCUT2D eigenvalue weighted by Crippen LogP contribution is 2.33. The van der Waals surface area contributed by atoms with Crippen LogP contribution in [0.25, 0.3) is 5.70 Å². The summed E-state index contributed by atoms with van der Waals surface area (Å²) in [6.45, 7) is 4.26. The molecule has 2 heterocycles. The predicted molar refractivity (Wildman–Crippen MR) is 99.8 cm³/mol. The van der Waals surface area contributed by atoms with E-state index in [0.717, 1.165) is 21.7 Å². The minimum absolute atomic E-state index is 0.0306. The summed E-state index contributed by atoms with van der Waals surface area (Å²) < 4.78 is 3.00. The van der Waals surface area contributed by atoms with Gasteiger partial charge in [0, 0.05) is 10.2 Å². The zero-order valence-electron chi connectivity index (χ0n) is 13.5. The van der Waals surface area contributed by atoms with E-state index in [-0.39, 0.29) is 6.04 Å². The molecule has 0 saturated heterocycles. The summed E-state index contributed by atoms with van der Waals surface area (Å²) in [5.74, 6) is 0.764. The molecule has 0 fully saturated rings. The van der Waals surface area contributed by atoms with Crippen LogP contribution in [0.3, 0.4) is 0 Å². The number of nitrogens with zero attached hydrogens (tertiary/aromatic N) is 3. The molecule has 24 heavy (non-hydrogen) atoms. The normalized spacial score (nSPS) is 16.3. The fourth-order valence-electron chi connectivity index (χ4n) is 3.11. The van der Waals surface area contributed by atoms with Gasteiger partial charge in [0.15, 0.2) is 0 Å². The number of hydrogen-bond donors (Lipinski definition) is 1. The van der Waals surface area contributed by atoms with E-state index in [0.29, 0.717) is 0 Å². The lowest BCUT2D eigenvalue weighted by molar-refractivity contribution is 0.609. The highest BCUT2D eigenvalue weighted by molar-refractivity contribution is 9.10. The summed E-state index contributed by atoms with van der Waals surface area (Å²) in [5, 5.41) is 7.79. The van der Waals surface area contributed by atoms with Crippen molar-refractivity contribution in [2.24, 2.45) is 0 Å². The number of rotatable bonds is 2. The number of nitrogens with one attached hydrogen (secondary N) is 1. The molecular weight excluding hydrogens is 364 g/mol. The molecule has 0 bridgehead atoms. The van der Waals surface area contributed by atoms with Crippen molar-refractivity contribution >= 4 is 27.6 Å². The lowest BCUT2D eigenvalue weighted by atomic mass is 9.96. The summed E-state index contributed by atoms with van der Waals surface area (Å²) in [6, 6.07) is 14.8. The third-order valence-electron chi connectivity index (χ3n) is 4.31. The molecule has 120 valence electrons. The number of fused-ring (bicyclic) bond motifs is 1. The van der Waals surface area contributed by atoms with Gasteiger partial charge in [-0.2, -0.15) is 10.1 Å². The van der Waals surface area contributed by atoms with E-state index < -0.39 is 0 Å². The van der Waals surface area contributed by atoms with Gasteiger partial charge in [-0.15, -0.1) is 0 Å². The van der Waals surface area contributed by atoms with Crippen molar-refractivity contribution in [3.05, 3.63) is 81.6 Å². The zero-order chi connectivity index (χ0) is 16.7. The molecule has 0 aliphatic carbocycles. The molecule has 0 radical (unpaired) electrons. The number of aromatic nitrogens is 3. The molecule has 0 amide bonds. The van der Waals surface area contributed by atoms with Crippen molar-refractivity contribution in [3.63, 3.8) is 0 Å². The molecular formula is C19H17BrN4. The van der Waals surface area contributed by atoms with E-state index in [4.69, 9.17) is 0 Å². The molecule has 0 unspecified atom stereocenters. The van der Waals surface area contributed by atoms with Crippen LogP contribution >= 0.6 is 15.9 Å². The molecule has 1 aliphatic rings. The van der Waals surface area contributed by atoms with Crippen LogP contribution in [0.5, 0.6) is 0 Å². The maximum absolute atomic E-state index is 4.41. The smallest absolute Gasteiger partial charge is 0.226 e. The van der Waals surface area contributed by atoms with Crippen LogP contribution in [0.4, 0.5) is 5.95 Å². The molecule has 3 aromatic rings. The number of allylic oxidation sites excluding steroid dienone is 1. The van der Waals surface area contributed by atoms with E-state index in [2.05, 4.69) is 81.6 Å². The summed E-state index contributed by atoms with van der Waals surface area (Å²) >= 11 is 3.49. The highest BCUT2D eigenvalue weighted by atomic mass is 79.9. The Bertz CT molecular complexity index is 925. The van der Waals surface area contributed by atoms with E-state index in [1.807, 2.05) is 16.8 Å². The molecule has 1 aromatic heterocycles. The summed E-state index contributed by atoms with van der Waals surface area (Å²) in [6.07, 6.45) is 3.81. The predicted octanol–water partition coefficient (Wildman–Crippen LogP) is 4.71. The minimum Gasteiger partial charge on any atom is -0.324 e. The monoisotopic (exact) mass is 380 g/mol. The molecule has 1 N–H and O–H groups in total. The molecule has 0 saturated carbocycles. The van der Waals surface area contributed by atoms with Gasteiger partial charge in [0.1, 0.15) is 12.4 Å². The van der Waals surface area contributed by atoms with Gasteiger partial charge in [-0.1, -0.05) is 51.8 Å². The Hall–Kier alpha value is -2.40. The number of benzene rings is 2. The fourth-order valence-corrected chi connectivity index (χ4v) is 3.37. The van der Waals surface area contributed by atoms with Crippen molar-refractivity contribution in [2.45, 2.75) is 19.9 Å². The Morgan fingerprint density at radius 1 is 1.08 bits per heavy atom. The van der Waals surface area contributed by atoms with E-state index in [1.54, 1.807) is 6.33 Å². The number of aryl methyl sites for hydroxylation is 2. The molecule has 2 aromatic carbocycles. The van der Waals surface area contributed by atoms with Crippen LogP contribution in [0.2, 0.25) is 0 Å². The standard InChI is InChI=1S/C19H17BrN4/c1-12-3-8-16(13(2)9-12)18-10-17(14-4-6-15(20)7-5-14)23-19-21-11-22-24(18)19/h3-11,18H,1-2H3,(H,21,22,23)/t18-/m1/s1. The van der Waals surface area contributed by atoms with Gasteiger partial charge >= 0.3 is 0 Å². The topological polar surface area (TPSA) is 42.7 Å². The van der Waals surface area contributed by atoms with Crippen molar-refractivity contribution < 1.29 is 0 Å². The number of anilines is 1. The van der Waals surface area contributed by atoms with Crippen LogP contribution in [-0.4, -0.2) is 14.8 Å². The van der Waals surface area contributed by atoms with E-state index >= 15 is 0 Å². The molecule has 5 heteroatoms. The van der Waals surface area contributed by atoms with Crippen molar-refractivity contribution in [1.82, 2.24) is 14.8 Å². The van der Waals surface area contributed by atoms with Crippen molar-refractivity contribution in [1.29, 1.82) is 0 Å². The second-order valence-corrected chi connectivity index (χ2v) is 6.96. The first-order valence-corrected chi connectivity index (χ1v) is 8.62. The zero-order valence-corrected chi connectivity index (χ0v) is 15.1. The van der Waals surface area contributed by atoms with Gasteiger partial charge in [0.25, 0.3) is 0 Å². The third-order valence-corrected chi connectivity index (χ3v) is 4.84. The van der Waals surface area contributed by atoms with Gasteiger partial charge in [0.05, 0.1) is 0 Å². The first-order chi connectivity index (χ1) is 11.6. The molecule has 1 aliphatic heterocycles. The summed E-state index contributed by atoms with van der Waals surface area (Å²) in [7, 11) is 0. The Morgan fingerprint density at radius 3 is 2.62 bits per heavy atom. The van der Waals surface area contributed by atoms with Gasteiger partial charge in [-0.3, -0.25) is 0 Å². The molecule has 1 atom stereocenters. The van der Waals surface area contributed by atoms with Gasteiger partial charge < -0.3 is 5.32 Å². The van der Waals surface area contributed by atoms with E-state index in [9.17, 15) is 0 Å². The third kappa shape index (κ3) is 2.65. The molecule has 4 rings (SSSR count). The van der Waals surface area contributed by atoms with Gasteiger partial charge in [-0.05, 0) is 48.7 Å².